The van der Waals surface area contributed by atoms with Crippen LogP contribution in [0.4, 0.5) is 11.4 Å². The predicted molar refractivity (Wildman–Crippen MR) is 105 cm³/mol. The molecule has 1 aromatic heterocycles. The number of hydrogen-bond acceptors (Lipinski definition) is 5. The van der Waals surface area contributed by atoms with E-state index in [0.717, 1.165) is 6.42 Å². The summed E-state index contributed by atoms with van der Waals surface area (Å²) >= 11 is 0. The first-order valence-electron chi connectivity index (χ1n) is 8.89. The molecule has 2 heterocycles. The first-order chi connectivity index (χ1) is 13.6. The van der Waals surface area contributed by atoms with Crippen LogP contribution < -0.4 is 20.4 Å². The Bertz CT molecular complexity index is 1140. The second-order valence-electron chi connectivity index (χ2n) is 6.46. The van der Waals surface area contributed by atoms with Crippen molar-refractivity contribution in [1.82, 2.24) is 0 Å². The lowest BCUT2D eigenvalue weighted by Crippen LogP contribution is -2.24. The van der Waals surface area contributed by atoms with Crippen molar-refractivity contribution in [2.24, 2.45) is 0 Å². The summed E-state index contributed by atoms with van der Waals surface area (Å²) in [6, 6.07) is 13.0. The quantitative estimate of drug-likeness (QED) is 0.753. The van der Waals surface area contributed by atoms with Gasteiger partial charge in [-0.25, -0.2) is 0 Å². The van der Waals surface area contributed by atoms with Crippen molar-refractivity contribution < 1.29 is 18.7 Å². The van der Waals surface area contributed by atoms with Gasteiger partial charge in [0, 0.05) is 24.7 Å². The maximum Gasteiger partial charge on any atom is 0.291 e. The third-order valence-corrected chi connectivity index (χ3v) is 4.66. The van der Waals surface area contributed by atoms with Crippen LogP contribution in [0.2, 0.25) is 0 Å². The van der Waals surface area contributed by atoms with Gasteiger partial charge >= 0.3 is 0 Å². The maximum absolute atomic E-state index is 12.6. The lowest BCUT2D eigenvalue weighted by Gasteiger charge is -2.20. The van der Waals surface area contributed by atoms with Gasteiger partial charge < -0.3 is 19.4 Å². The van der Waals surface area contributed by atoms with E-state index in [2.05, 4.69) is 5.32 Å². The molecule has 4 rings (SSSR count). The number of ether oxygens (including phenoxy) is 1. The van der Waals surface area contributed by atoms with Crippen LogP contribution in [0.5, 0.6) is 5.75 Å². The van der Waals surface area contributed by atoms with Crippen LogP contribution in [0.15, 0.2) is 57.7 Å². The Labute approximate surface area is 160 Å². The van der Waals surface area contributed by atoms with Crippen LogP contribution in [0, 0.1) is 0 Å². The Balaban J connectivity index is 1.65. The fraction of sp³-hybridized carbons (Fsp3) is 0.190. The number of nitrogens with one attached hydrogen (secondary N) is 1. The largest absolute Gasteiger partial charge is 0.495 e. The molecule has 1 aliphatic heterocycles. The molecule has 1 fully saturated rings. The number of hydrogen-bond donors (Lipinski definition) is 1. The highest BCUT2D eigenvalue weighted by atomic mass is 16.5. The van der Waals surface area contributed by atoms with Crippen LogP contribution in [0.3, 0.4) is 0 Å². The summed E-state index contributed by atoms with van der Waals surface area (Å²) in [4.78, 5) is 38.5. The number of amides is 2. The Morgan fingerprint density at radius 1 is 1.14 bits per heavy atom. The van der Waals surface area contributed by atoms with Gasteiger partial charge in [0.05, 0.1) is 18.2 Å². The average molecular weight is 378 g/mol. The molecule has 1 saturated heterocycles. The van der Waals surface area contributed by atoms with E-state index in [1.165, 1.54) is 13.2 Å². The van der Waals surface area contributed by atoms with Crippen molar-refractivity contribution in [2.45, 2.75) is 12.8 Å². The maximum atomic E-state index is 12.6. The minimum atomic E-state index is -0.549. The second kappa shape index (κ2) is 7.19. The van der Waals surface area contributed by atoms with Crippen LogP contribution in [0.25, 0.3) is 11.0 Å². The first-order valence-corrected chi connectivity index (χ1v) is 8.89. The van der Waals surface area contributed by atoms with Crippen molar-refractivity contribution in [3.63, 3.8) is 0 Å². The third kappa shape index (κ3) is 3.22. The molecule has 0 unspecified atom stereocenters. The second-order valence-corrected chi connectivity index (χ2v) is 6.46. The third-order valence-electron chi connectivity index (χ3n) is 4.66. The van der Waals surface area contributed by atoms with E-state index in [4.69, 9.17) is 9.15 Å². The predicted octanol–water partition coefficient (Wildman–Crippen LogP) is 3.18. The molecule has 0 spiro atoms. The van der Waals surface area contributed by atoms with Crippen LogP contribution in [-0.2, 0) is 4.79 Å². The minimum Gasteiger partial charge on any atom is -0.495 e. The Kier molecular flexibility index (Phi) is 4.57. The number of fused-ring (bicyclic) bond motifs is 1. The van der Waals surface area contributed by atoms with E-state index in [0.29, 0.717) is 41.1 Å². The summed E-state index contributed by atoms with van der Waals surface area (Å²) in [5, 5.41) is 3.13. The molecule has 7 heteroatoms. The van der Waals surface area contributed by atoms with Gasteiger partial charge in [-0.3, -0.25) is 14.4 Å². The summed E-state index contributed by atoms with van der Waals surface area (Å²) in [7, 11) is 1.53. The highest BCUT2D eigenvalue weighted by Gasteiger charge is 2.25. The lowest BCUT2D eigenvalue weighted by molar-refractivity contribution is -0.117. The normalized spacial score (nSPS) is 13.8. The molecule has 0 radical (unpaired) electrons. The zero-order valence-electron chi connectivity index (χ0n) is 15.2. The summed E-state index contributed by atoms with van der Waals surface area (Å²) in [5.41, 5.74) is 1.13. The molecule has 2 amide bonds. The fourth-order valence-electron chi connectivity index (χ4n) is 3.29. The smallest absolute Gasteiger partial charge is 0.291 e. The van der Waals surface area contributed by atoms with Gasteiger partial charge in [-0.2, -0.15) is 0 Å². The number of carbonyl (C=O) groups is 2. The standard InChI is InChI=1S/C21H18N2O5/c1-27-18-9-8-13(11-15(18)23-10-4-7-20(23)25)22-21(26)19-12-16(24)14-5-2-3-6-17(14)28-19/h2-3,5-6,8-9,11-12H,4,7,10H2,1H3,(H,22,26). The topological polar surface area (TPSA) is 88.8 Å². The Morgan fingerprint density at radius 3 is 2.71 bits per heavy atom. The van der Waals surface area contributed by atoms with Crippen LogP contribution in [0.1, 0.15) is 23.4 Å². The van der Waals surface area contributed by atoms with Crippen molar-refractivity contribution in [1.29, 1.82) is 0 Å². The highest BCUT2D eigenvalue weighted by Crippen LogP contribution is 2.34. The zero-order valence-corrected chi connectivity index (χ0v) is 15.2. The van der Waals surface area contributed by atoms with Gasteiger partial charge in [0.15, 0.2) is 11.2 Å². The van der Waals surface area contributed by atoms with Crippen molar-refractivity contribution in [3.8, 4) is 5.75 Å². The summed E-state index contributed by atoms with van der Waals surface area (Å²) < 4.78 is 10.9. The molecule has 3 aromatic rings. The number of carbonyl (C=O) groups excluding carboxylic acids is 2. The lowest BCUT2D eigenvalue weighted by atomic mass is 10.2. The molecule has 0 bridgehead atoms. The minimum absolute atomic E-state index is 0.0160. The number of benzene rings is 2. The molecular weight excluding hydrogens is 360 g/mol. The molecule has 0 saturated carbocycles. The van der Waals surface area contributed by atoms with Crippen molar-refractivity contribution >= 4 is 34.2 Å². The molecule has 2 aromatic carbocycles. The Morgan fingerprint density at radius 2 is 1.96 bits per heavy atom. The van der Waals surface area contributed by atoms with E-state index in [1.54, 1.807) is 47.4 Å². The van der Waals surface area contributed by atoms with Gasteiger partial charge in [-0.1, -0.05) is 12.1 Å². The van der Waals surface area contributed by atoms with E-state index >= 15 is 0 Å². The molecule has 1 N–H and O–H groups in total. The average Bonchev–Trinajstić information content (AvgIpc) is 3.13. The van der Waals surface area contributed by atoms with E-state index in [-0.39, 0.29) is 17.1 Å². The number of anilines is 2. The van der Waals surface area contributed by atoms with Gasteiger partial charge in [0.2, 0.25) is 5.91 Å². The number of rotatable bonds is 4. The number of para-hydroxylation sites is 1. The monoisotopic (exact) mass is 378 g/mol. The van der Waals surface area contributed by atoms with Gasteiger partial charge in [0.1, 0.15) is 11.3 Å². The molecule has 0 aliphatic carbocycles. The van der Waals surface area contributed by atoms with Gasteiger partial charge in [0.25, 0.3) is 5.91 Å². The summed E-state index contributed by atoms with van der Waals surface area (Å²) in [5.74, 6) is -0.0715. The molecule has 142 valence electrons. The highest BCUT2D eigenvalue weighted by molar-refractivity contribution is 6.04. The van der Waals surface area contributed by atoms with Gasteiger partial charge in [-0.05, 0) is 36.8 Å². The molecule has 1 aliphatic rings. The first kappa shape index (κ1) is 17.8. The van der Waals surface area contributed by atoms with Crippen LogP contribution >= 0.6 is 0 Å². The van der Waals surface area contributed by atoms with E-state index < -0.39 is 5.91 Å². The molecular formula is C21H18N2O5. The number of nitrogens with zero attached hydrogens (tertiary/aromatic N) is 1. The van der Waals surface area contributed by atoms with Gasteiger partial charge in [-0.15, -0.1) is 0 Å². The zero-order chi connectivity index (χ0) is 19.7. The van der Waals surface area contributed by atoms with E-state index in [1.807, 2.05) is 0 Å². The van der Waals surface area contributed by atoms with Crippen molar-refractivity contribution in [2.75, 3.05) is 23.9 Å². The Hall–Kier alpha value is -3.61. The molecule has 28 heavy (non-hydrogen) atoms. The summed E-state index contributed by atoms with van der Waals surface area (Å²) in [6.45, 7) is 0.603. The van der Waals surface area contributed by atoms with E-state index in [9.17, 15) is 14.4 Å². The van der Waals surface area contributed by atoms with Crippen molar-refractivity contribution in [3.05, 3.63) is 64.5 Å². The summed E-state index contributed by atoms with van der Waals surface area (Å²) in [6.07, 6.45) is 1.27. The molecule has 7 nitrogen and oxygen atoms in total. The van der Waals surface area contributed by atoms with Crippen LogP contribution in [-0.4, -0.2) is 25.5 Å². The number of methoxy groups -OCH3 is 1. The SMILES string of the molecule is COc1ccc(NC(=O)c2cc(=O)c3ccccc3o2)cc1N1CCCC1=O. The molecule has 0 atom stereocenters. The fourth-order valence-corrected chi connectivity index (χ4v) is 3.29.